The molecule has 0 aromatic heterocycles. The lowest BCUT2D eigenvalue weighted by Gasteiger charge is -2.42. The lowest BCUT2D eigenvalue weighted by Crippen LogP contribution is -2.47. The molecule has 102 valence electrons. The van der Waals surface area contributed by atoms with E-state index in [1.165, 1.54) is 0 Å². The Kier molecular flexibility index (Phi) is 6.09. The third-order valence-electron chi connectivity index (χ3n) is 3.93. The molecule has 0 amide bonds. The van der Waals surface area contributed by atoms with E-state index in [9.17, 15) is 4.79 Å². The van der Waals surface area contributed by atoms with E-state index in [1.807, 2.05) is 0 Å². The maximum absolute atomic E-state index is 11.6. The quantitative estimate of drug-likeness (QED) is 0.514. The average molecular weight is 258 g/mol. The van der Waals surface area contributed by atoms with Gasteiger partial charge in [0.1, 0.15) is 5.60 Å². The molecule has 0 aliphatic rings. The molecule has 0 aliphatic heterocycles. The zero-order chi connectivity index (χ0) is 13.9. The van der Waals surface area contributed by atoms with Gasteiger partial charge in [0.2, 0.25) is 0 Å². The van der Waals surface area contributed by atoms with Crippen molar-refractivity contribution in [1.82, 2.24) is 0 Å². The molecule has 0 aromatic rings. The van der Waals surface area contributed by atoms with Crippen molar-refractivity contribution in [2.24, 2.45) is 17.3 Å². The molecule has 0 unspecified atom stereocenters. The highest BCUT2D eigenvalue weighted by molar-refractivity contribution is 6.48. The first kappa shape index (κ1) is 16.8. The molecule has 0 N–H and O–H groups in total. The summed E-state index contributed by atoms with van der Waals surface area (Å²) in [5.41, 5.74) is -0.470. The van der Waals surface area contributed by atoms with Gasteiger partial charge >= 0.3 is 0 Å². The van der Waals surface area contributed by atoms with Crippen LogP contribution in [0.5, 0.6) is 0 Å². The topological polar surface area (TPSA) is 26.3 Å². The van der Waals surface area contributed by atoms with Crippen LogP contribution in [0.25, 0.3) is 0 Å². The van der Waals surface area contributed by atoms with E-state index in [1.54, 1.807) is 0 Å². The molecular formula is C14H30O2Si. The lowest BCUT2D eigenvalue weighted by molar-refractivity contribution is -0.130. The van der Waals surface area contributed by atoms with E-state index < -0.39 is 14.6 Å². The summed E-state index contributed by atoms with van der Waals surface area (Å²) in [7, 11) is -1.22. The Morgan fingerprint density at radius 1 is 1.12 bits per heavy atom. The minimum atomic E-state index is -1.22. The zero-order valence-corrected chi connectivity index (χ0v) is 14.0. The van der Waals surface area contributed by atoms with Gasteiger partial charge in [-0.15, -0.1) is 0 Å². The van der Waals surface area contributed by atoms with Crippen molar-refractivity contribution >= 4 is 15.3 Å². The van der Waals surface area contributed by atoms with Crippen LogP contribution in [0.4, 0.5) is 0 Å². The number of rotatable bonds is 7. The monoisotopic (exact) mass is 258 g/mol. The fourth-order valence-electron chi connectivity index (χ4n) is 1.94. The van der Waals surface area contributed by atoms with Crippen LogP contribution >= 0.6 is 0 Å². The van der Waals surface area contributed by atoms with E-state index in [2.05, 4.69) is 54.6 Å². The van der Waals surface area contributed by atoms with Crippen LogP contribution in [0.3, 0.4) is 0 Å². The van der Waals surface area contributed by atoms with Crippen molar-refractivity contribution in [1.29, 1.82) is 0 Å². The molecule has 0 radical (unpaired) electrons. The van der Waals surface area contributed by atoms with E-state index in [4.69, 9.17) is 4.43 Å². The molecule has 0 saturated heterocycles. The number of hydrogen-bond acceptors (Lipinski definition) is 2. The van der Waals surface area contributed by atoms with Crippen LogP contribution in [0.15, 0.2) is 0 Å². The maximum atomic E-state index is 11.6. The number of carbonyl (C=O) groups is 1. The number of aldehydes is 1. The van der Waals surface area contributed by atoms with Crippen molar-refractivity contribution in [2.75, 3.05) is 0 Å². The van der Waals surface area contributed by atoms with Crippen molar-refractivity contribution in [2.45, 2.75) is 66.7 Å². The lowest BCUT2D eigenvalue weighted by atomic mass is 9.70. The van der Waals surface area contributed by atoms with Gasteiger partial charge in [-0.2, -0.15) is 0 Å². The Morgan fingerprint density at radius 2 is 1.59 bits per heavy atom. The molecule has 0 saturated carbocycles. The molecule has 0 aromatic carbocycles. The van der Waals surface area contributed by atoms with E-state index in [0.717, 1.165) is 12.7 Å². The van der Waals surface area contributed by atoms with Gasteiger partial charge < -0.3 is 9.22 Å². The zero-order valence-electron chi connectivity index (χ0n) is 12.8. The van der Waals surface area contributed by atoms with E-state index in [0.29, 0.717) is 5.92 Å². The first-order valence-corrected chi connectivity index (χ1v) is 9.49. The van der Waals surface area contributed by atoms with Gasteiger partial charge in [0.25, 0.3) is 0 Å². The molecule has 1 atom stereocenters. The molecule has 0 rings (SSSR count). The molecule has 0 heterocycles. The van der Waals surface area contributed by atoms with Gasteiger partial charge in [-0.3, -0.25) is 0 Å². The summed E-state index contributed by atoms with van der Waals surface area (Å²) in [6.07, 6.45) is 1.86. The molecule has 17 heavy (non-hydrogen) atoms. The minimum Gasteiger partial charge on any atom is -0.408 e. The highest BCUT2D eigenvalue weighted by Gasteiger charge is 2.41. The van der Waals surface area contributed by atoms with Crippen LogP contribution in [0.1, 0.15) is 48.0 Å². The highest BCUT2D eigenvalue weighted by Crippen LogP contribution is 2.39. The summed E-state index contributed by atoms with van der Waals surface area (Å²) in [6.45, 7) is 17.3. The van der Waals surface area contributed by atoms with Gasteiger partial charge in [-0.1, -0.05) is 41.5 Å². The predicted molar refractivity (Wildman–Crippen MR) is 76.8 cm³/mol. The Bertz CT molecular complexity index is 247. The predicted octanol–water partition coefficient (Wildman–Crippen LogP) is 3.65. The van der Waals surface area contributed by atoms with Crippen LogP contribution < -0.4 is 0 Å². The van der Waals surface area contributed by atoms with Crippen LogP contribution in [0, 0.1) is 17.3 Å². The third kappa shape index (κ3) is 4.55. The van der Waals surface area contributed by atoms with Crippen molar-refractivity contribution < 1.29 is 9.22 Å². The van der Waals surface area contributed by atoms with Gasteiger partial charge in [0.05, 0.1) is 0 Å². The molecule has 3 heteroatoms. The summed E-state index contributed by atoms with van der Waals surface area (Å²) in [4.78, 5) is 11.6. The van der Waals surface area contributed by atoms with E-state index >= 15 is 0 Å². The SMILES string of the molecule is CC(C)C(C)(C)C[C@](C=O)(O[SiH](C)C)C(C)C. The summed E-state index contributed by atoms with van der Waals surface area (Å²) >= 11 is 0. The fourth-order valence-corrected chi connectivity index (χ4v) is 3.23. The van der Waals surface area contributed by atoms with Gasteiger partial charge in [-0.05, 0) is 36.8 Å². The maximum Gasteiger partial charge on any atom is 0.172 e. The third-order valence-corrected chi connectivity index (χ3v) is 4.84. The number of hydrogen-bond donors (Lipinski definition) is 0. The minimum absolute atomic E-state index is 0.120. The Balaban J connectivity index is 5.12. The second kappa shape index (κ2) is 6.14. The van der Waals surface area contributed by atoms with Crippen molar-refractivity contribution in [3.05, 3.63) is 0 Å². The largest absolute Gasteiger partial charge is 0.408 e. The Labute approximate surface area is 109 Å². The smallest absolute Gasteiger partial charge is 0.172 e. The molecule has 0 spiro atoms. The second-order valence-corrected chi connectivity index (χ2v) is 9.05. The van der Waals surface area contributed by atoms with Crippen LogP contribution in [-0.2, 0) is 9.22 Å². The number of carbonyl (C=O) groups excluding carboxylic acids is 1. The van der Waals surface area contributed by atoms with Gasteiger partial charge in [0, 0.05) is 0 Å². The summed E-state index contributed by atoms with van der Waals surface area (Å²) in [6, 6.07) is 0. The molecule has 0 bridgehead atoms. The Hall–Kier alpha value is -0.153. The van der Waals surface area contributed by atoms with Crippen LogP contribution in [-0.4, -0.2) is 20.9 Å². The molecule has 0 fully saturated rings. The van der Waals surface area contributed by atoms with Gasteiger partial charge in [-0.25, -0.2) is 0 Å². The summed E-state index contributed by atoms with van der Waals surface area (Å²) in [5, 5.41) is 0. The van der Waals surface area contributed by atoms with Crippen molar-refractivity contribution in [3.63, 3.8) is 0 Å². The van der Waals surface area contributed by atoms with E-state index in [-0.39, 0.29) is 11.3 Å². The molecule has 0 aliphatic carbocycles. The van der Waals surface area contributed by atoms with Crippen LogP contribution in [0.2, 0.25) is 13.1 Å². The second-order valence-electron chi connectivity index (χ2n) is 6.71. The summed E-state index contributed by atoms with van der Waals surface area (Å²) < 4.78 is 6.11. The Morgan fingerprint density at radius 3 is 1.82 bits per heavy atom. The first-order valence-electron chi connectivity index (χ1n) is 6.71. The molecule has 2 nitrogen and oxygen atoms in total. The molecular weight excluding hydrogens is 228 g/mol. The summed E-state index contributed by atoms with van der Waals surface area (Å²) in [5.74, 6) is 0.769. The van der Waals surface area contributed by atoms with Gasteiger partial charge in [0.15, 0.2) is 15.3 Å². The fraction of sp³-hybridized carbons (Fsp3) is 0.929. The highest BCUT2D eigenvalue weighted by atomic mass is 28.3. The normalized spacial score (nSPS) is 16.6. The van der Waals surface area contributed by atoms with Crippen molar-refractivity contribution in [3.8, 4) is 0 Å². The average Bonchev–Trinajstić information content (AvgIpc) is 2.14. The first-order chi connectivity index (χ1) is 7.57. The standard InChI is InChI=1S/C14H30O2Si/c1-11(2)13(5,6)9-14(10-15,12(3)4)16-17(7)8/h10-12,17H,9H2,1-8H3/t14-/m1/s1.